The minimum atomic E-state index is 0. The van der Waals surface area contributed by atoms with Crippen molar-refractivity contribution >= 4 is 22.7 Å². The van der Waals surface area contributed by atoms with E-state index in [0.29, 0.717) is 0 Å². The summed E-state index contributed by atoms with van der Waals surface area (Å²) >= 11 is 2.57. The Hall–Kier alpha value is -0.931. The fraction of sp³-hybridized carbons (Fsp3) is 0. The molecule has 0 aliphatic rings. The van der Waals surface area contributed by atoms with Gasteiger partial charge in [-0.2, -0.15) is 12.1 Å². The molecule has 3 aromatic rings. The molecular weight excluding hydrogens is 292 g/mol. The molecule has 0 amide bonds. The Balaban J connectivity index is 0.000000205. The van der Waals surface area contributed by atoms with E-state index in [0.717, 1.165) is 10.4 Å². The minimum Gasteiger partial charge on any atom is -0.748 e. The van der Waals surface area contributed by atoms with Gasteiger partial charge in [-0.3, -0.25) is 4.79 Å². The van der Waals surface area contributed by atoms with E-state index in [1.807, 2.05) is 60.0 Å². The van der Waals surface area contributed by atoms with Crippen LogP contribution in [0.1, 0.15) is 0 Å². The molecule has 1 aromatic heterocycles. The van der Waals surface area contributed by atoms with Crippen LogP contribution in [0.15, 0.2) is 64.8 Å². The smallest absolute Gasteiger partial charge is 0.277 e. The van der Waals surface area contributed by atoms with Crippen molar-refractivity contribution in [1.82, 2.24) is 0 Å². The normalized spacial score (nSPS) is 8.94. The molecule has 0 saturated heterocycles. The first-order valence-electron chi connectivity index (χ1n) is 4.83. The van der Waals surface area contributed by atoms with E-state index in [1.54, 1.807) is 0 Å². The maximum Gasteiger partial charge on any atom is 0.277 e. The molecule has 0 atom stereocenters. The van der Waals surface area contributed by atoms with Gasteiger partial charge in [-0.1, -0.05) is 10.9 Å². The molecule has 1 nitrogen and oxygen atoms in total. The summed E-state index contributed by atoms with van der Waals surface area (Å²) in [6, 6.07) is 18.0. The van der Waals surface area contributed by atoms with Crippen LogP contribution in [0.2, 0.25) is 0 Å². The molecule has 0 unspecified atom stereocenters. The molecule has 0 saturated carbocycles. The Labute approximate surface area is 119 Å². The SMILES string of the molecule is O=c1scc(-[c-]2cccc2)s1.[Fe].[cH-]1[cH-][cH-][cH-][cH-]1. The second-order valence-corrected chi connectivity index (χ2v) is 5.20. The molecular formula is C13H10FeOS2-6. The average Bonchev–Trinajstić information content (AvgIpc) is 3.03. The molecule has 17 heavy (non-hydrogen) atoms. The molecule has 0 aliphatic carbocycles. The molecule has 1 heterocycles. The first-order chi connectivity index (χ1) is 7.86. The zero-order valence-electron chi connectivity index (χ0n) is 8.85. The predicted octanol–water partition coefficient (Wildman–Crippen LogP) is 3.96. The number of hydrogen-bond acceptors (Lipinski definition) is 3. The molecule has 4 heteroatoms. The van der Waals surface area contributed by atoms with Gasteiger partial charge < -0.3 is 30.3 Å². The summed E-state index contributed by atoms with van der Waals surface area (Å²) in [5.74, 6) is 0. The van der Waals surface area contributed by atoms with Crippen molar-refractivity contribution in [2.24, 2.45) is 0 Å². The van der Waals surface area contributed by atoms with Crippen molar-refractivity contribution in [3.05, 3.63) is 68.8 Å². The summed E-state index contributed by atoms with van der Waals surface area (Å²) < 4.78 is 0.168. The summed E-state index contributed by atoms with van der Waals surface area (Å²) in [7, 11) is 0. The van der Waals surface area contributed by atoms with Gasteiger partial charge in [0.25, 0.3) is 4.06 Å². The summed E-state index contributed by atoms with van der Waals surface area (Å²) in [5, 5.41) is 1.91. The second kappa shape index (κ2) is 7.41. The van der Waals surface area contributed by atoms with Crippen LogP contribution >= 0.6 is 22.7 Å². The third-order valence-corrected chi connectivity index (χ3v) is 3.93. The van der Waals surface area contributed by atoms with E-state index in [-0.39, 0.29) is 21.1 Å². The van der Waals surface area contributed by atoms with Crippen LogP contribution in [0.4, 0.5) is 0 Å². The molecule has 94 valence electrons. The van der Waals surface area contributed by atoms with Gasteiger partial charge in [0.2, 0.25) is 0 Å². The molecule has 2 aromatic carbocycles. The fourth-order valence-corrected chi connectivity index (χ4v) is 2.94. The van der Waals surface area contributed by atoms with Crippen molar-refractivity contribution in [3.63, 3.8) is 0 Å². The van der Waals surface area contributed by atoms with Gasteiger partial charge in [-0.15, -0.1) is 34.8 Å². The van der Waals surface area contributed by atoms with Crippen LogP contribution < -0.4 is 4.06 Å². The van der Waals surface area contributed by atoms with Crippen LogP contribution in [0.5, 0.6) is 0 Å². The van der Waals surface area contributed by atoms with E-state index in [4.69, 9.17) is 0 Å². The van der Waals surface area contributed by atoms with Crippen LogP contribution in [0.3, 0.4) is 0 Å². The summed E-state index contributed by atoms with van der Waals surface area (Å²) in [6.45, 7) is 0. The summed E-state index contributed by atoms with van der Waals surface area (Å²) in [5.41, 5.74) is 1.15. The van der Waals surface area contributed by atoms with E-state index >= 15 is 0 Å². The zero-order chi connectivity index (χ0) is 11.2. The van der Waals surface area contributed by atoms with E-state index < -0.39 is 0 Å². The van der Waals surface area contributed by atoms with Gasteiger partial charge in [-0.05, 0) is 4.88 Å². The first-order valence-corrected chi connectivity index (χ1v) is 6.53. The molecule has 0 radical (unpaired) electrons. The van der Waals surface area contributed by atoms with E-state index in [9.17, 15) is 4.79 Å². The number of rotatable bonds is 1. The van der Waals surface area contributed by atoms with Crippen LogP contribution in [-0.4, -0.2) is 0 Å². The Morgan fingerprint density at radius 3 is 1.94 bits per heavy atom. The van der Waals surface area contributed by atoms with Crippen molar-refractivity contribution in [3.8, 4) is 10.4 Å². The van der Waals surface area contributed by atoms with E-state index in [2.05, 4.69) is 0 Å². The minimum absolute atomic E-state index is 0. The molecule has 3 rings (SSSR count). The maximum absolute atomic E-state index is 10.8. The second-order valence-electron chi connectivity index (χ2n) is 3.09. The molecule has 0 bridgehead atoms. The van der Waals surface area contributed by atoms with Gasteiger partial charge in [-0.25, -0.2) is 0 Å². The third kappa shape index (κ3) is 4.44. The monoisotopic (exact) mass is 302 g/mol. The van der Waals surface area contributed by atoms with Gasteiger partial charge >= 0.3 is 0 Å². The average molecular weight is 302 g/mol. The van der Waals surface area contributed by atoms with Gasteiger partial charge in [0, 0.05) is 17.1 Å². The Morgan fingerprint density at radius 2 is 1.53 bits per heavy atom. The third-order valence-electron chi connectivity index (χ3n) is 1.96. The standard InChI is InChI=1S/C8H5OS2.C5H5.Fe/c9-8-10-5-7(11-8)6-3-1-2-4-6;1-2-4-5-3-1;/h1-5H;1-5H;/q-1;-5;. The van der Waals surface area contributed by atoms with E-state index in [1.165, 1.54) is 22.7 Å². The zero-order valence-corrected chi connectivity index (χ0v) is 11.6. The van der Waals surface area contributed by atoms with Gasteiger partial charge in [0.05, 0.1) is 0 Å². The molecule has 0 spiro atoms. The van der Waals surface area contributed by atoms with Crippen LogP contribution in [0.25, 0.3) is 10.4 Å². The molecule has 0 fully saturated rings. The first kappa shape index (κ1) is 14.1. The summed E-state index contributed by atoms with van der Waals surface area (Å²) in [6.07, 6.45) is 0. The van der Waals surface area contributed by atoms with Crippen LogP contribution in [0, 0.1) is 0 Å². The Bertz CT molecular complexity index is 529. The van der Waals surface area contributed by atoms with Crippen molar-refractivity contribution < 1.29 is 17.1 Å². The molecule has 0 aliphatic heterocycles. The quantitative estimate of drug-likeness (QED) is 0.491. The fourth-order valence-electron chi connectivity index (χ4n) is 1.23. The van der Waals surface area contributed by atoms with Gasteiger partial charge in [0.1, 0.15) is 0 Å². The largest absolute Gasteiger partial charge is 0.748 e. The Morgan fingerprint density at radius 1 is 1.00 bits per heavy atom. The van der Waals surface area contributed by atoms with Crippen LogP contribution in [-0.2, 0) is 17.1 Å². The number of hydrogen-bond donors (Lipinski definition) is 0. The Kier molecular flexibility index (Phi) is 6.16. The summed E-state index contributed by atoms with van der Waals surface area (Å²) in [4.78, 5) is 11.9. The van der Waals surface area contributed by atoms with Crippen molar-refractivity contribution in [2.45, 2.75) is 0 Å². The molecule has 0 N–H and O–H groups in total. The topological polar surface area (TPSA) is 17.1 Å². The van der Waals surface area contributed by atoms with Crippen molar-refractivity contribution in [2.75, 3.05) is 0 Å². The predicted molar refractivity (Wildman–Crippen MR) is 71.5 cm³/mol. The van der Waals surface area contributed by atoms with Crippen molar-refractivity contribution in [1.29, 1.82) is 0 Å². The maximum atomic E-state index is 10.8. The van der Waals surface area contributed by atoms with Gasteiger partial charge in [0.15, 0.2) is 0 Å².